The molecular formula is C20H22O2. The number of carbonyl (C=O) groups excluding carboxylic acids is 2. The molecule has 2 saturated carbocycles. The van der Waals surface area contributed by atoms with Crippen molar-refractivity contribution in [2.75, 3.05) is 0 Å². The number of benzene rings is 1. The number of rotatable bonds is 0. The molecule has 0 amide bonds. The Labute approximate surface area is 131 Å². The molecular weight excluding hydrogens is 272 g/mol. The van der Waals surface area contributed by atoms with Crippen LogP contribution in [0.5, 0.6) is 0 Å². The Bertz CT molecular complexity index is 703. The van der Waals surface area contributed by atoms with Gasteiger partial charge in [0, 0.05) is 23.0 Å². The monoisotopic (exact) mass is 294 g/mol. The fourth-order valence-corrected chi connectivity index (χ4v) is 5.89. The summed E-state index contributed by atoms with van der Waals surface area (Å²) in [5.41, 5.74) is 4.07. The molecule has 22 heavy (non-hydrogen) atoms. The molecule has 1 aromatic rings. The molecule has 0 radical (unpaired) electrons. The Morgan fingerprint density at radius 2 is 1.09 bits per heavy atom. The third-order valence-electron chi connectivity index (χ3n) is 7.68. The maximum Gasteiger partial charge on any atom is 0.167 e. The minimum absolute atomic E-state index is 0.0677. The van der Waals surface area contributed by atoms with E-state index in [1.54, 1.807) is 0 Å². The van der Waals surface area contributed by atoms with Gasteiger partial charge in [-0.1, -0.05) is 39.8 Å². The normalized spacial score (nSPS) is 38.5. The molecule has 0 spiro atoms. The lowest BCUT2D eigenvalue weighted by Crippen LogP contribution is -2.55. The van der Waals surface area contributed by atoms with Crippen molar-refractivity contribution < 1.29 is 9.59 Å². The van der Waals surface area contributed by atoms with Crippen LogP contribution in [0.25, 0.3) is 0 Å². The first-order valence-corrected chi connectivity index (χ1v) is 8.51. The molecule has 0 saturated heterocycles. The molecule has 2 fully saturated rings. The van der Waals surface area contributed by atoms with E-state index in [0.29, 0.717) is 11.8 Å². The standard InChI is InChI=1S/C20H22O2/c1-19(2)11-7-13(19)17(21)15-9(11)5-6-10-12-8-14(20(12,3)4)18(22)16(10)15/h5-6,11-14H,7-8H2,1-4H3/t11-,12-,13+,14+/m1/s1. The topological polar surface area (TPSA) is 34.1 Å². The summed E-state index contributed by atoms with van der Waals surface area (Å²) in [4.78, 5) is 26.0. The lowest BCUT2D eigenvalue weighted by atomic mass is 9.43. The molecule has 0 N–H and O–H groups in total. The minimum atomic E-state index is 0.0677. The Morgan fingerprint density at radius 3 is 1.41 bits per heavy atom. The first-order valence-electron chi connectivity index (χ1n) is 8.51. The first-order chi connectivity index (χ1) is 10.3. The second-order valence-corrected chi connectivity index (χ2v) is 9.05. The van der Waals surface area contributed by atoms with Gasteiger partial charge in [0.25, 0.3) is 0 Å². The summed E-state index contributed by atoms with van der Waals surface area (Å²) in [5, 5.41) is 0. The molecule has 4 atom stereocenters. The number of Topliss-reactive ketones (excluding diaryl/α,β-unsaturated/α-hetero) is 2. The maximum absolute atomic E-state index is 13.0. The van der Waals surface area contributed by atoms with E-state index >= 15 is 0 Å². The number of hydrogen-bond acceptors (Lipinski definition) is 2. The van der Waals surface area contributed by atoms with E-state index in [1.807, 2.05) is 0 Å². The molecule has 4 bridgehead atoms. The van der Waals surface area contributed by atoms with Crippen molar-refractivity contribution >= 4 is 11.6 Å². The molecule has 6 aliphatic carbocycles. The second kappa shape index (κ2) is 3.39. The molecule has 7 rings (SSSR count). The van der Waals surface area contributed by atoms with Crippen molar-refractivity contribution in [1.82, 2.24) is 0 Å². The van der Waals surface area contributed by atoms with Crippen LogP contribution in [0.1, 0.15) is 84.2 Å². The first kappa shape index (κ1) is 13.0. The van der Waals surface area contributed by atoms with E-state index < -0.39 is 0 Å². The highest BCUT2D eigenvalue weighted by molar-refractivity contribution is 6.15. The molecule has 2 nitrogen and oxygen atoms in total. The van der Waals surface area contributed by atoms with Crippen molar-refractivity contribution in [3.05, 3.63) is 34.4 Å². The van der Waals surface area contributed by atoms with E-state index in [1.165, 1.54) is 0 Å². The van der Waals surface area contributed by atoms with E-state index in [9.17, 15) is 9.59 Å². The lowest BCUT2D eigenvalue weighted by molar-refractivity contribution is 0.0141. The third kappa shape index (κ3) is 1.12. The smallest absolute Gasteiger partial charge is 0.167 e. The van der Waals surface area contributed by atoms with Gasteiger partial charge in [0.1, 0.15) is 0 Å². The summed E-state index contributed by atoms with van der Waals surface area (Å²) in [6.45, 7) is 8.81. The molecule has 0 aromatic heterocycles. The van der Waals surface area contributed by atoms with Gasteiger partial charge in [-0.05, 0) is 46.6 Å². The fraction of sp³-hybridized carbons (Fsp3) is 0.600. The summed E-state index contributed by atoms with van der Waals surface area (Å²) in [6, 6.07) is 4.33. The molecule has 2 heteroatoms. The summed E-state index contributed by atoms with van der Waals surface area (Å²) in [5.74, 6) is 1.63. The quantitative estimate of drug-likeness (QED) is 0.713. The SMILES string of the molecule is CC1(C)[C@@H]2C[C@H]1C(=O)c1c2ccc2c1C(=O)[C@@H]1C[C@H]2C1(C)C. The van der Waals surface area contributed by atoms with Gasteiger partial charge in [0.2, 0.25) is 0 Å². The Morgan fingerprint density at radius 1 is 0.727 bits per heavy atom. The predicted octanol–water partition coefficient (Wildman–Crippen LogP) is 4.34. The van der Waals surface area contributed by atoms with Crippen LogP contribution < -0.4 is 0 Å². The van der Waals surface area contributed by atoms with Crippen LogP contribution in [0.3, 0.4) is 0 Å². The van der Waals surface area contributed by atoms with Gasteiger partial charge in [-0.2, -0.15) is 0 Å². The summed E-state index contributed by atoms with van der Waals surface area (Å²) < 4.78 is 0. The van der Waals surface area contributed by atoms with Crippen LogP contribution in [-0.4, -0.2) is 11.6 Å². The Balaban J connectivity index is 1.78. The van der Waals surface area contributed by atoms with Gasteiger partial charge in [-0.15, -0.1) is 0 Å². The van der Waals surface area contributed by atoms with Gasteiger partial charge in [-0.25, -0.2) is 0 Å². The highest BCUT2D eigenvalue weighted by Crippen LogP contribution is 2.66. The molecule has 0 unspecified atom stereocenters. The van der Waals surface area contributed by atoms with Gasteiger partial charge in [0.15, 0.2) is 11.6 Å². The zero-order chi connectivity index (χ0) is 15.6. The van der Waals surface area contributed by atoms with Gasteiger partial charge in [-0.3, -0.25) is 9.59 Å². The highest BCUT2D eigenvalue weighted by Gasteiger charge is 2.62. The minimum Gasteiger partial charge on any atom is -0.294 e. The largest absolute Gasteiger partial charge is 0.294 e. The van der Waals surface area contributed by atoms with Crippen molar-refractivity contribution in [2.45, 2.75) is 52.4 Å². The molecule has 0 heterocycles. The van der Waals surface area contributed by atoms with E-state index in [4.69, 9.17) is 0 Å². The predicted molar refractivity (Wildman–Crippen MR) is 84.4 cm³/mol. The van der Waals surface area contributed by atoms with Crippen molar-refractivity contribution in [3.8, 4) is 0 Å². The number of carbonyl (C=O) groups is 2. The molecule has 6 aliphatic rings. The van der Waals surface area contributed by atoms with Gasteiger partial charge < -0.3 is 0 Å². The Hall–Kier alpha value is -1.44. The highest BCUT2D eigenvalue weighted by atomic mass is 16.1. The van der Waals surface area contributed by atoms with Crippen molar-refractivity contribution in [1.29, 1.82) is 0 Å². The fourth-order valence-electron chi connectivity index (χ4n) is 5.89. The van der Waals surface area contributed by atoms with E-state index in [0.717, 1.165) is 35.1 Å². The van der Waals surface area contributed by atoms with Crippen LogP contribution in [0.4, 0.5) is 0 Å². The summed E-state index contributed by atoms with van der Waals surface area (Å²) >= 11 is 0. The second-order valence-electron chi connectivity index (χ2n) is 9.05. The Kier molecular flexibility index (Phi) is 2.01. The molecule has 1 aromatic carbocycles. The van der Waals surface area contributed by atoms with Crippen molar-refractivity contribution in [3.63, 3.8) is 0 Å². The molecule has 114 valence electrons. The van der Waals surface area contributed by atoms with Crippen LogP contribution >= 0.6 is 0 Å². The molecule has 0 aliphatic heterocycles. The van der Waals surface area contributed by atoms with E-state index in [2.05, 4.69) is 39.8 Å². The number of ketones is 2. The van der Waals surface area contributed by atoms with Crippen LogP contribution in [0.15, 0.2) is 12.1 Å². The zero-order valence-electron chi connectivity index (χ0n) is 13.7. The van der Waals surface area contributed by atoms with Gasteiger partial charge in [0.05, 0.1) is 0 Å². The third-order valence-corrected chi connectivity index (χ3v) is 7.68. The van der Waals surface area contributed by atoms with Crippen LogP contribution in [-0.2, 0) is 0 Å². The number of hydrogen-bond donors (Lipinski definition) is 0. The van der Waals surface area contributed by atoms with E-state index in [-0.39, 0.29) is 34.2 Å². The lowest BCUT2D eigenvalue weighted by Gasteiger charge is -2.59. The summed E-state index contributed by atoms with van der Waals surface area (Å²) in [7, 11) is 0. The zero-order valence-corrected chi connectivity index (χ0v) is 13.7. The van der Waals surface area contributed by atoms with Crippen LogP contribution in [0.2, 0.25) is 0 Å². The van der Waals surface area contributed by atoms with Crippen molar-refractivity contribution in [2.24, 2.45) is 22.7 Å². The maximum atomic E-state index is 13.0. The average molecular weight is 294 g/mol. The van der Waals surface area contributed by atoms with Gasteiger partial charge >= 0.3 is 0 Å². The van der Waals surface area contributed by atoms with Crippen LogP contribution in [0, 0.1) is 22.7 Å². The summed E-state index contributed by atoms with van der Waals surface area (Å²) in [6.07, 6.45) is 1.95. The average Bonchev–Trinajstić information content (AvgIpc) is 2.45.